The molecule has 56 heavy (non-hydrogen) atoms. The topological polar surface area (TPSA) is 174 Å². The predicted octanol–water partition coefficient (Wildman–Crippen LogP) is 10.7. The van der Waals surface area contributed by atoms with Crippen LogP contribution in [0.4, 0.5) is 0 Å². The molecule has 324 valence electrons. The van der Waals surface area contributed by atoms with Crippen molar-refractivity contribution >= 4 is 29.8 Å². The minimum atomic E-state index is -2.87. The number of ether oxygens (including phenoxy) is 3. The van der Waals surface area contributed by atoms with Gasteiger partial charge in [-0.2, -0.15) is 0 Å². The fourth-order valence-electron chi connectivity index (χ4n) is 6.24. The molecule has 0 aliphatic rings. The number of esters is 3. The van der Waals surface area contributed by atoms with Crippen molar-refractivity contribution in [2.75, 3.05) is 13.2 Å². The molecule has 11 heteroatoms. The van der Waals surface area contributed by atoms with E-state index in [2.05, 4.69) is 38.2 Å². The monoisotopic (exact) mass is 795 g/mol. The first-order valence-corrected chi connectivity index (χ1v) is 22.0. The van der Waals surface area contributed by atoms with Crippen LogP contribution in [0.1, 0.15) is 206 Å². The van der Waals surface area contributed by atoms with Gasteiger partial charge in [0.1, 0.15) is 13.2 Å². The third-order valence-corrected chi connectivity index (χ3v) is 9.72. The second kappa shape index (κ2) is 37.4. The highest BCUT2D eigenvalue weighted by atomic mass is 16.6. The van der Waals surface area contributed by atoms with E-state index in [1.165, 1.54) is 77.0 Å². The van der Waals surface area contributed by atoms with Gasteiger partial charge in [-0.15, -0.1) is 0 Å². The zero-order valence-electron chi connectivity index (χ0n) is 35.1. The summed E-state index contributed by atoms with van der Waals surface area (Å²) in [6, 6.07) is 0. The molecule has 0 fully saturated rings. The number of carboxylic acids is 2. The van der Waals surface area contributed by atoms with Crippen molar-refractivity contribution in [3.05, 3.63) is 24.3 Å². The number of unbranched alkanes of at least 4 members (excludes halogenated alkanes) is 22. The first-order chi connectivity index (χ1) is 27.0. The molecule has 0 aromatic rings. The molecule has 0 heterocycles. The molecule has 0 aliphatic heterocycles. The maximum atomic E-state index is 12.6. The number of carbonyl (C=O) groups is 5. The summed E-state index contributed by atoms with van der Waals surface area (Å²) >= 11 is 0. The number of hydrogen-bond acceptors (Lipinski definition) is 9. The van der Waals surface area contributed by atoms with Crippen molar-refractivity contribution in [1.82, 2.24) is 0 Å². The van der Waals surface area contributed by atoms with Crippen LogP contribution in [0.3, 0.4) is 0 Å². The van der Waals surface area contributed by atoms with Gasteiger partial charge in [0.05, 0.1) is 12.8 Å². The smallest absolute Gasteiger partial charge is 0.336 e. The molecule has 0 saturated heterocycles. The van der Waals surface area contributed by atoms with Crippen LogP contribution in [-0.2, 0) is 38.2 Å². The molecule has 0 aliphatic carbocycles. The predicted molar refractivity (Wildman–Crippen MR) is 220 cm³/mol. The summed E-state index contributed by atoms with van der Waals surface area (Å²) in [6.07, 6.45) is 35.3. The number of carboxylic acid groups (broad SMARTS) is 2. The standard InChI is InChI=1S/C45H78O11/c1-3-5-7-9-11-13-15-17-19-21-23-25-27-29-31-33-41(48)54-37-39(38-55-43(50)36-45(53,44(51)52)35-40(46)47)56-42(49)34-32-30-28-26-24-22-20-18-16-14-12-10-8-6-4-2/h17-20,39,53H,3-16,21-38H2,1-2H3,(H,46,47)(H,51,52)/b19-17-,20-18-. The maximum absolute atomic E-state index is 12.6. The minimum absolute atomic E-state index is 0.128. The zero-order valence-corrected chi connectivity index (χ0v) is 35.1. The Morgan fingerprint density at radius 2 is 0.839 bits per heavy atom. The Balaban J connectivity index is 4.55. The lowest BCUT2D eigenvalue weighted by Crippen LogP contribution is -2.43. The SMILES string of the molecule is CCCCCCCC/C=C\CCCCCCCC(=O)OCC(COC(=O)CC(O)(CC(=O)O)C(=O)O)OC(=O)CCCCCCC/C=C\CCCCCCCC. The van der Waals surface area contributed by atoms with Crippen molar-refractivity contribution in [2.45, 2.75) is 218 Å². The number of aliphatic carboxylic acids is 2. The van der Waals surface area contributed by atoms with E-state index in [-0.39, 0.29) is 19.4 Å². The molecule has 0 amide bonds. The molecule has 11 nitrogen and oxygen atoms in total. The summed E-state index contributed by atoms with van der Waals surface area (Å²) in [5.41, 5.74) is -2.87. The van der Waals surface area contributed by atoms with Crippen LogP contribution in [-0.4, -0.2) is 70.1 Å². The van der Waals surface area contributed by atoms with Crippen LogP contribution in [0, 0.1) is 0 Å². The summed E-state index contributed by atoms with van der Waals surface area (Å²) in [4.78, 5) is 59.9. The van der Waals surface area contributed by atoms with Gasteiger partial charge in [0.15, 0.2) is 11.7 Å². The van der Waals surface area contributed by atoms with E-state index in [1.54, 1.807) is 0 Å². The van der Waals surface area contributed by atoms with Gasteiger partial charge in [0.25, 0.3) is 0 Å². The first-order valence-electron chi connectivity index (χ1n) is 22.0. The molecule has 0 aromatic carbocycles. The largest absolute Gasteiger partial charge is 0.481 e. The summed E-state index contributed by atoms with van der Waals surface area (Å²) in [5, 5.41) is 28.4. The molecule has 2 unspecified atom stereocenters. The van der Waals surface area contributed by atoms with E-state index in [9.17, 15) is 34.2 Å². The van der Waals surface area contributed by atoms with E-state index in [0.717, 1.165) is 77.0 Å². The van der Waals surface area contributed by atoms with Crippen molar-refractivity contribution in [2.24, 2.45) is 0 Å². The van der Waals surface area contributed by atoms with Gasteiger partial charge in [0, 0.05) is 12.8 Å². The van der Waals surface area contributed by atoms with Gasteiger partial charge in [0.2, 0.25) is 0 Å². The molecular weight excluding hydrogens is 716 g/mol. The Kier molecular flexibility index (Phi) is 35.2. The molecular formula is C45H78O11. The summed E-state index contributed by atoms with van der Waals surface area (Å²) in [6.45, 7) is 3.54. The van der Waals surface area contributed by atoms with Crippen molar-refractivity contribution in [3.63, 3.8) is 0 Å². The number of allylic oxidation sites excluding steroid dienone is 4. The number of aliphatic hydroxyl groups is 1. The minimum Gasteiger partial charge on any atom is -0.481 e. The lowest BCUT2D eigenvalue weighted by Gasteiger charge is -2.22. The quantitative estimate of drug-likeness (QED) is 0.0233. The van der Waals surface area contributed by atoms with Gasteiger partial charge in [-0.3, -0.25) is 19.2 Å². The number of carbonyl (C=O) groups excluding carboxylic acids is 3. The molecule has 0 bridgehead atoms. The lowest BCUT2D eigenvalue weighted by atomic mass is 9.96. The molecule has 0 aromatic heterocycles. The Hall–Kier alpha value is -3.21. The van der Waals surface area contributed by atoms with Gasteiger partial charge in [-0.05, 0) is 64.2 Å². The third-order valence-electron chi connectivity index (χ3n) is 9.72. The molecule has 0 radical (unpaired) electrons. The summed E-state index contributed by atoms with van der Waals surface area (Å²) < 4.78 is 15.9. The fraction of sp³-hybridized carbons (Fsp3) is 0.800. The normalized spacial score (nSPS) is 13.1. The molecule has 0 saturated carbocycles. The lowest BCUT2D eigenvalue weighted by molar-refractivity contribution is -0.175. The van der Waals surface area contributed by atoms with Gasteiger partial charge < -0.3 is 29.5 Å². The third kappa shape index (κ3) is 34.1. The highest BCUT2D eigenvalue weighted by molar-refractivity contribution is 5.88. The van der Waals surface area contributed by atoms with Gasteiger partial charge >= 0.3 is 29.8 Å². The van der Waals surface area contributed by atoms with E-state index < -0.39 is 61.0 Å². The summed E-state index contributed by atoms with van der Waals surface area (Å²) in [5.74, 6) is -5.72. The van der Waals surface area contributed by atoms with Crippen LogP contribution < -0.4 is 0 Å². The second-order valence-electron chi connectivity index (χ2n) is 15.2. The number of rotatable bonds is 40. The van der Waals surface area contributed by atoms with Crippen LogP contribution in [0.15, 0.2) is 24.3 Å². The zero-order chi connectivity index (χ0) is 41.5. The van der Waals surface area contributed by atoms with E-state index in [1.807, 2.05) is 0 Å². The Morgan fingerprint density at radius 1 is 0.482 bits per heavy atom. The van der Waals surface area contributed by atoms with Crippen molar-refractivity contribution < 1.29 is 53.5 Å². The van der Waals surface area contributed by atoms with E-state index in [4.69, 9.17) is 19.3 Å². The van der Waals surface area contributed by atoms with Crippen molar-refractivity contribution in [3.8, 4) is 0 Å². The molecule has 0 spiro atoms. The Labute approximate surface area is 338 Å². The second-order valence-corrected chi connectivity index (χ2v) is 15.2. The highest BCUT2D eigenvalue weighted by Crippen LogP contribution is 2.18. The molecule has 2 atom stereocenters. The highest BCUT2D eigenvalue weighted by Gasteiger charge is 2.41. The van der Waals surface area contributed by atoms with E-state index in [0.29, 0.717) is 12.8 Å². The summed E-state index contributed by atoms with van der Waals surface area (Å²) in [7, 11) is 0. The average molecular weight is 795 g/mol. The van der Waals surface area contributed by atoms with E-state index >= 15 is 0 Å². The Morgan fingerprint density at radius 3 is 1.23 bits per heavy atom. The van der Waals surface area contributed by atoms with Crippen LogP contribution in [0.5, 0.6) is 0 Å². The van der Waals surface area contributed by atoms with Crippen LogP contribution in [0.25, 0.3) is 0 Å². The van der Waals surface area contributed by atoms with Crippen molar-refractivity contribution in [1.29, 1.82) is 0 Å². The van der Waals surface area contributed by atoms with Crippen LogP contribution >= 0.6 is 0 Å². The van der Waals surface area contributed by atoms with Gasteiger partial charge in [-0.1, -0.05) is 141 Å². The van der Waals surface area contributed by atoms with Gasteiger partial charge in [-0.25, -0.2) is 4.79 Å². The Bertz CT molecular complexity index is 1090. The average Bonchev–Trinajstić information content (AvgIpc) is 3.15. The molecule has 3 N–H and O–H groups in total. The fourth-order valence-corrected chi connectivity index (χ4v) is 6.24. The maximum Gasteiger partial charge on any atom is 0.336 e. The first kappa shape index (κ1) is 52.8. The number of hydrogen-bond donors (Lipinski definition) is 3. The molecule has 0 rings (SSSR count). The van der Waals surface area contributed by atoms with Crippen LogP contribution in [0.2, 0.25) is 0 Å².